The van der Waals surface area contributed by atoms with Gasteiger partial charge in [0.2, 0.25) is 0 Å². The Morgan fingerprint density at radius 3 is 2.68 bits per heavy atom. The number of amides is 1. The van der Waals surface area contributed by atoms with Crippen LogP contribution in [0.1, 0.15) is 5.56 Å². The number of halogens is 1. The summed E-state index contributed by atoms with van der Waals surface area (Å²) in [4.78, 5) is 13.3. The van der Waals surface area contributed by atoms with Crippen molar-refractivity contribution in [2.45, 2.75) is 12.7 Å². The number of cyclic esters (lactones) is 1. The van der Waals surface area contributed by atoms with E-state index in [-0.39, 0.29) is 13.2 Å². The summed E-state index contributed by atoms with van der Waals surface area (Å²) >= 11 is 6.19. The number of anilines is 1. The molecule has 0 aromatic heterocycles. The molecule has 1 fully saturated rings. The van der Waals surface area contributed by atoms with Crippen molar-refractivity contribution >= 4 is 23.4 Å². The van der Waals surface area contributed by atoms with Gasteiger partial charge >= 0.3 is 6.09 Å². The Morgan fingerprint density at radius 1 is 1.28 bits per heavy atom. The number of methoxy groups -OCH3 is 1. The maximum absolute atomic E-state index is 11.8. The maximum Gasteiger partial charge on any atom is 0.414 e. The molecule has 0 aliphatic carbocycles. The number of rotatable bonds is 6. The second-order valence-electron chi connectivity index (χ2n) is 5.50. The second kappa shape index (κ2) is 7.63. The molecule has 1 atom stereocenters. The van der Waals surface area contributed by atoms with Crippen molar-refractivity contribution in [2.24, 2.45) is 0 Å². The van der Waals surface area contributed by atoms with Gasteiger partial charge in [0.05, 0.1) is 25.3 Å². The molecule has 0 bridgehead atoms. The topological polar surface area (TPSA) is 68.2 Å². The summed E-state index contributed by atoms with van der Waals surface area (Å²) in [5.41, 5.74) is 1.45. The van der Waals surface area contributed by atoms with E-state index in [4.69, 9.17) is 30.9 Å². The normalized spacial score (nSPS) is 16.7. The molecule has 7 heteroatoms. The Morgan fingerprint density at radius 2 is 2.04 bits per heavy atom. The fraction of sp³-hybridized carbons (Fsp3) is 0.278. The molecule has 132 valence electrons. The molecule has 1 N–H and O–H groups in total. The van der Waals surface area contributed by atoms with E-state index in [1.165, 1.54) is 4.90 Å². The van der Waals surface area contributed by atoms with E-state index >= 15 is 0 Å². The van der Waals surface area contributed by atoms with Gasteiger partial charge in [-0.25, -0.2) is 4.79 Å². The summed E-state index contributed by atoms with van der Waals surface area (Å²) in [6, 6.07) is 12.5. The molecule has 1 aliphatic rings. The minimum atomic E-state index is -0.490. The lowest BCUT2D eigenvalue weighted by Gasteiger charge is -2.14. The molecule has 1 amide bonds. The van der Waals surface area contributed by atoms with Gasteiger partial charge < -0.3 is 19.3 Å². The smallest absolute Gasteiger partial charge is 0.414 e. The van der Waals surface area contributed by atoms with Crippen molar-refractivity contribution < 1.29 is 24.1 Å². The van der Waals surface area contributed by atoms with Crippen LogP contribution in [0.4, 0.5) is 10.5 Å². The van der Waals surface area contributed by atoms with Crippen LogP contribution in [0.5, 0.6) is 11.5 Å². The Labute approximate surface area is 150 Å². The van der Waals surface area contributed by atoms with Gasteiger partial charge in [0.15, 0.2) is 0 Å². The van der Waals surface area contributed by atoms with Crippen LogP contribution in [0.3, 0.4) is 0 Å². The zero-order valence-electron chi connectivity index (χ0n) is 13.6. The van der Waals surface area contributed by atoms with Gasteiger partial charge in [-0.2, -0.15) is 0 Å². The zero-order valence-corrected chi connectivity index (χ0v) is 14.4. The van der Waals surface area contributed by atoms with Crippen molar-refractivity contribution in [3.63, 3.8) is 0 Å². The quantitative estimate of drug-likeness (QED) is 0.853. The molecular weight excluding hydrogens is 346 g/mol. The number of nitrogens with zero attached hydrogens (tertiary/aromatic N) is 1. The van der Waals surface area contributed by atoms with Gasteiger partial charge in [-0.15, -0.1) is 0 Å². The standard InChI is InChI=1S/C18H18ClNO5/c1-23-17-4-2-3-16(19)15(17)11-24-13-7-5-12(6-8-13)20-9-14(10-21)25-18(20)22/h2-8,14,21H,9-11H2,1H3. The third-order valence-corrected chi connectivity index (χ3v) is 4.26. The van der Waals surface area contributed by atoms with Gasteiger partial charge in [-0.3, -0.25) is 4.90 Å². The lowest BCUT2D eigenvalue weighted by Crippen LogP contribution is -2.25. The summed E-state index contributed by atoms with van der Waals surface area (Å²) in [6.45, 7) is 0.399. The first kappa shape index (κ1) is 17.4. The molecule has 0 saturated carbocycles. The number of hydrogen-bond acceptors (Lipinski definition) is 5. The van der Waals surface area contributed by atoms with Gasteiger partial charge in [-0.05, 0) is 36.4 Å². The lowest BCUT2D eigenvalue weighted by molar-refractivity contribution is 0.0963. The van der Waals surface area contributed by atoms with Crippen molar-refractivity contribution in [1.29, 1.82) is 0 Å². The largest absolute Gasteiger partial charge is 0.496 e. The summed E-state index contributed by atoms with van der Waals surface area (Å²) in [5.74, 6) is 1.30. The molecule has 2 aromatic rings. The summed E-state index contributed by atoms with van der Waals surface area (Å²) < 4.78 is 16.1. The van der Waals surface area contributed by atoms with E-state index in [1.807, 2.05) is 12.1 Å². The average Bonchev–Trinajstić information content (AvgIpc) is 3.02. The number of aliphatic hydroxyl groups is 1. The minimum absolute atomic E-state index is 0.191. The SMILES string of the molecule is COc1cccc(Cl)c1COc1ccc(N2CC(CO)OC2=O)cc1. The molecule has 2 aromatic carbocycles. The molecule has 6 nitrogen and oxygen atoms in total. The molecule has 1 aliphatic heterocycles. The van der Waals surface area contributed by atoms with Crippen LogP contribution in [-0.4, -0.2) is 37.6 Å². The zero-order chi connectivity index (χ0) is 17.8. The molecule has 3 rings (SSSR count). The minimum Gasteiger partial charge on any atom is -0.496 e. The molecule has 1 saturated heterocycles. The van der Waals surface area contributed by atoms with Gasteiger partial charge in [0.1, 0.15) is 24.2 Å². The highest BCUT2D eigenvalue weighted by Gasteiger charge is 2.31. The average molecular weight is 364 g/mol. The lowest BCUT2D eigenvalue weighted by atomic mass is 10.2. The second-order valence-corrected chi connectivity index (χ2v) is 5.91. The predicted molar refractivity (Wildman–Crippen MR) is 93.5 cm³/mol. The van der Waals surface area contributed by atoms with Crippen molar-refractivity contribution in [3.8, 4) is 11.5 Å². The first-order valence-electron chi connectivity index (χ1n) is 7.75. The van der Waals surface area contributed by atoms with Crippen molar-refractivity contribution in [1.82, 2.24) is 0 Å². The third-order valence-electron chi connectivity index (χ3n) is 3.91. The Kier molecular flexibility index (Phi) is 5.31. The van der Waals surface area contributed by atoms with Gasteiger partial charge in [-0.1, -0.05) is 17.7 Å². The van der Waals surface area contributed by atoms with Crippen LogP contribution in [0.15, 0.2) is 42.5 Å². The predicted octanol–water partition coefficient (Wildman–Crippen LogP) is 3.25. The third kappa shape index (κ3) is 3.81. The molecule has 25 heavy (non-hydrogen) atoms. The number of carbonyl (C=O) groups excluding carboxylic acids is 1. The van der Waals surface area contributed by atoms with Crippen LogP contribution in [0, 0.1) is 0 Å². The van der Waals surface area contributed by atoms with E-state index in [2.05, 4.69) is 0 Å². The van der Waals surface area contributed by atoms with Crippen LogP contribution in [0.25, 0.3) is 0 Å². The monoisotopic (exact) mass is 363 g/mol. The summed E-state index contributed by atoms with van der Waals surface area (Å²) in [7, 11) is 1.58. The Bertz CT molecular complexity index is 750. The fourth-order valence-corrected chi connectivity index (χ4v) is 2.80. The summed E-state index contributed by atoms with van der Waals surface area (Å²) in [6.07, 6.45) is -0.954. The van der Waals surface area contributed by atoms with E-state index in [9.17, 15) is 4.79 Å². The van der Waals surface area contributed by atoms with Crippen LogP contribution in [0.2, 0.25) is 5.02 Å². The first-order chi connectivity index (χ1) is 12.1. The Balaban J connectivity index is 1.67. The van der Waals surface area contributed by atoms with Crippen LogP contribution in [-0.2, 0) is 11.3 Å². The number of aliphatic hydroxyl groups excluding tert-OH is 1. The van der Waals surface area contributed by atoms with Crippen molar-refractivity contribution in [3.05, 3.63) is 53.1 Å². The first-order valence-corrected chi connectivity index (χ1v) is 8.13. The molecule has 1 heterocycles. The van der Waals surface area contributed by atoms with E-state index in [1.54, 1.807) is 37.4 Å². The highest BCUT2D eigenvalue weighted by Crippen LogP contribution is 2.29. The number of carbonyl (C=O) groups is 1. The Hall–Kier alpha value is -2.44. The molecule has 0 spiro atoms. The highest BCUT2D eigenvalue weighted by molar-refractivity contribution is 6.31. The van der Waals surface area contributed by atoms with Gasteiger partial charge in [0, 0.05) is 11.3 Å². The number of benzene rings is 2. The molecular formula is C18H18ClNO5. The van der Waals surface area contributed by atoms with E-state index in [0.717, 1.165) is 5.56 Å². The number of ether oxygens (including phenoxy) is 3. The van der Waals surface area contributed by atoms with Crippen molar-refractivity contribution in [2.75, 3.05) is 25.2 Å². The number of hydrogen-bond donors (Lipinski definition) is 1. The molecule has 0 radical (unpaired) electrons. The fourth-order valence-electron chi connectivity index (χ4n) is 2.58. The van der Waals surface area contributed by atoms with E-state index < -0.39 is 12.2 Å². The van der Waals surface area contributed by atoms with Crippen LogP contribution < -0.4 is 14.4 Å². The van der Waals surface area contributed by atoms with E-state index in [0.29, 0.717) is 28.8 Å². The van der Waals surface area contributed by atoms with Gasteiger partial charge in [0.25, 0.3) is 0 Å². The maximum atomic E-state index is 11.8. The molecule has 1 unspecified atom stereocenters. The highest BCUT2D eigenvalue weighted by atomic mass is 35.5. The summed E-state index contributed by atoms with van der Waals surface area (Å²) in [5, 5.41) is 9.67. The van der Waals surface area contributed by atoms with Crippen LogP contribution >= 0.6 is 11.6 Å².